The molecule has 0 spiro atoms. The van der Waals surface area contributed by atoms with Gasteiger partial charge in [0, 0.05) is 24.6 Å². The van der Waals surface area contributed by atoms with Gasteiger partial charge in [0.05, 0.1) is 23.8 Å². The highest BCUT2D eigenvalue weighted by Crippen LogP contribution is 2.29. The smallest absolute Gasteiger partial charge is 0.312 e. The lowest BCUT2D eigenvalue weighted by Gasteiger charge is -2.40. The van der Waals surface area contributed by atoms with Crippen LogP contribution in [0.15, 0.2) is 71.1 Å². The second-order valence-electron chi connectivity index (χ2n) is 17.8. The number of likely N-dealkylation sites (N-methyl/N-ethyl adjacent to an activating group) is 2. The van der Waals surface area contributed by atoms with Crippen molar-refractivity contribution in [3.63, 3.8) is 0 Å². The summed E-state index contributed by atoms with van der Waals surface area (Å²) in [4.78, 5) is 80.5. The third-order valence-electron chi connectivity index (χ3n) is 10.7. The normalized spacial score (nSPS) is 14.8. The molecule has 2 aromatic carbocycles. The molecule has 62 heavy (non-hydrogen) atoms. The van der Waals surface area contributed by atoms with Crippen molar-refractivity contribution in [2.75, 3.05) is 26.0 Å². The van der Waals surface area contributed by atoms with Gasteiger partial charge in [-0.3, -0.25) is 24.0 Å². The highest BCUT2D eigenvalue weighted by molar-refractivity contribution is 7.90. The summed E-state index contributed by atoms with van der Waals surface area (Å²) >= 11 is 0. The lowest BCUT2D eigenvalue weighted by atomic mass is 9.76. The second-order valence-corrected chi connectivity index (χ2v) is 19.5. The van der Waals surface area contributed by atoms with Gasteiger partial charge in [-0.05, 0) is 61.8 Å². The van der Waals surface area contributed by atoms with E-state index in [0.29, 0.717) is 0 Å². The average molecular weight is 884 g/mol. The van der Waals surface area contributed by atoms with Gasteiger partial charge < -0.3 is 43.0 Å². The van der Waals surface area contributed by atoms with Crippen LogP contribution in [0.2, 0.25) is 0 Å². The Morgan fingerprint density at radius 3 is 1.92 bits per heavy atom. The summed E-state index contributed by atoms with van der Waals surface area (Å²) in [6, 6.07) is 9.75. The summed E-state index contributed by atoms with van der Waals surface area (Å²) in [6.45, 7) is 18.1. The van der Waals surface area contributed by atoms with Crippen LogP contribution < -0.4 is 42.8 Å². The highest BCUT2D eigenvalue weighted by atomic mass is 32.2. The number of para-hydroxylation sites is 1. The fourth-order valence-electron chi connectivity index (χ4n) is 6.80. The van der Waals surface area contributed by atoms with E-state index in [1.54, 1.807) is 27.9 Å². The number of primary amides is 1. The molecule has 0 aliphatic heterocycles. The molecule has 7 amide bonds. The molecule has 0 aromatic heterocycles. The summed E-state index contributed by atoms with van der Waals surface area (Å²) in [5.41, 5.74) is 10.5. The van der Waals surface area contributed by atoms with E-state index in [9.17, 15) is 37.2 Å². The molecule has 0 aliphatic carbocycles. The summed E-state index contributed by atoms with van der Waals surface area (Å²) in [7, 11) is -1.36. The zero-order valence-electron chi connectivity index (χ0n) is 38.2. The van der Waals surface area contributed by atoms with E-state index >= 15 is 0 Å². The summed E-state index contributed by atoms with van der Waals surface area (Å²) in [5, 5.41) is 13.7. The lowest BCUT2D eigenvalue weighted by Crippen LogP contribution is -2.61. The van der Waals surface area contributed by atoms with Gasteiger partial charge in [-0.1, -0.05) is 111 Å². The van der Waals surface area contributed by atoms with Crippen molar-refractivity contribution in [1.29, 1.82) is 0 Å². The predicted octanol–water partition coefficient (Wildman–Crippen LogP) is 2.87. The van der Waals surface area contributed by atoms with Gasteiger partial charge in [-0.2, -0.15) is 0 Å². The quantitative estimate of drug-likeness (QED) is 0.0672. The molecule has 10 N–H and O–H groups in total. The van der Waals surface area contributed by atoms with E-state index in [1.165, 1.54) is 42.2 Å². The number of nitrogens with two attached hydrogens (primary N) is 2. The van der Waals surface area contributed by atoms with E-state index in [-0.39, 0.29) is 48.4 Å². The van der Waals surface area contributed by atoms with Crippen LogP contribution in [-0.4, -0.2) is 99.7 Å². The molecule has 0 saturated carbocycles. The lowest BCUT2D eigenvalue weighted by molar-refractivity contribution is -0.140. The maximum absolute atomic E-state index is 14.3. The molecule has 5 atom stereocenters. The molecule has 2 unspecified atom stereocenters. The Kier molecular flexibility index (Phi) is 19.3. The monoisotopic (exact) mass is 883 g/mol. The van der Waals surface area contributed by atoms with E-state index < -0.39 is 85.6 Å². The minimum atomic E-state index is -4.62. The van der Waals surface area contributed by atoms with Crippen LogP contribution in [0.1, 0.15) is 87.6 Å². The van der Waals surface area contributed by atoms with Gasteiger partial charge in [0.2, 0.25) is 23.6 Å². The Morgan fingerprint density at radius 2 is 1.39 bits per heavy atom. The molecular weight excluding hydrogens is 815 g/mol. The molecule has 0 bridgehead atoms. The van der Waals surface area contributed by atoms with Gasteiger partial charge in [0.15, 0.2) is 0 Å². The number of anilines is 1. The van der Waals surface area contributed by atoms with Crippen LogP contribution in [-0.2, 0) is 39.4 Å². The fraction of sp³-hybridized carbons (Fsp3) is 0.545. The molecule has 0 saturated heterocycles. The molecule has 17 nitrogen and oxygen atoms in total. The third-order valence-corrected chi connectivity index (χ3v) is 12.1. The largest absolute Gasteiger partial charge is 0.352 e. The predicted molar refractivity (Wildman–Crippen MR) is 241 cm³/mol. The van der Waals surface area contributed by atoms with Crippen molar-refractivity contribution >= 4 is 51.3 Å². The van der Waals surface area contributed by atoms with Gasteiger partial charge in [-0.15, -0.1) is 0 Å². The Labute approximate surface area is 367 Å². The molecule has 0 fully saturated rings. The molecule has 344 valence electrons. The maximum Gasteiger partial charge on any atom is 0.312 e. The number of rotatable bonds is 21. The number of carbonyl (C=O) groups excluding carboxylic acids is 6. The first kappa shape index (κ1) is 52.8. The van der Waals surface area contributed by atoms with Gasteiger partial charge in [-0.25, -0.2) is 17.9 Å². The molecule has 0 aliphatic rings. The van der Waals surface area contributed by atoms with Crippen molar-refractivity contribution in [2.24, 2.45) is 28.7 Å². The van der Waals surface area contributed by atoms with E-state index in [2.05, 4.69) is 31.3 Å². The number of nitrogens with one attached hydrogen (secondary N) is 6. The Bertz CT molecular complexity index is 2030. The van der Waals surface area contributed by atoms with Gasteiger partial charge >= 0.3 is 6.03 Å². The van der Waals surface area contributed by atoms with E-state index in [0.717, 1.165) is 5.56 Å². The minimum absolute atomic E-state index is 0.0153. The number of nitrogens with zero attached hydrogens (tertiary/aromatic N) is 1. The van der Waals surface area contributed by atoms with Crippen molar-refractivity contribution in [3.8, 4) is 0 Å². The number of amides is 7. The van der Waals surface area contributed by atoms with E-state index in [1.807, 2.05) is 78.8 Å². The number of hydrogen-bond donors (Lipinski definition) is 8. The van der Waals surface area contributed by atoms with Crippen molar-refractivity contribution in [1.82, 2.24) is 30.9 Å². The maximum atomic E-state index is 14.3. The van der Waals surface area contributed by atoms with Crippen LogP contribution in [0.3, 0.4) is 0 Å². The van der Waals surface area contributed by atoms with Crippen molar-refractivity contribution < 1.29 is 37.2 Å². The van der Waals surface area contributed by atoms with Crippen LogP contribution in [0.4, 0.5) is 10.5 Å². The molecule has 18 heteroatoms. The van der Waals surface area contributed by atoms with Crippen LogP contribution in [0, 0.1) is 17.3 Å². The fourth-order valence-corrected chi connectivity index (χ4v) is 7.98. The molecule has 2 aromatic rings. The number of hydrogen-bond acceptors (Lipinski definition) is 10. The third kappa shape index (κ3) is 14.7. The Morgan fingerprint density at radius 1 is 0.806 bits per heavy atom. The summed E-state index contributed by atoms with van der Waals surface area (Å²) in [5.74, 6) is -3.64. The summed E-state index contributed by atoms with van der Waals surface area (Å²) in [6.07, 6.45) is 1.77. The van der Waals surface area contributed by atoms with E-state index in [4.69, 9.17) is 11.5 Å². The SMILES string of the molecule is CN[C@H](C(=O)NC(C(=O)N(C)[C@H](/C=C(\C)C(=O)NS(=O)(=O)c1ccccc1NC(=O)[C@H](CCCNC(N)=O)NC(=O)C(N)C(C)C)C(C)C)C(C)(C)C)C(C)(C)c1ccccc1. The minimum Gasteiger partial charge on any atom is -0.352 e. The van der Waals surface area contributed by atoms with Crippen LogP contribution in [0.5, 0.6) is 0 Å². The molecule has 0 radical (unpaired) electrons. The van der Waals surface area contributed by atoms with Gasteiger partial charge in [0.1, 0.15) is 17.0 Å². The number of carbonyl (C=O) groups is 6. The number of urea groups is 1. The van der Waals surface area contributed by atoms with Crippen LogP contribution >= 0.6 is 0 Å². The average Bonchev–Trinajstić information content (AvgIpc) is 3.18. The number of sulfonamides is 1. The zero-order valence-corrected chi connectivity index (χ0v) is 39.0. The van der Waals surface area contributed by atoms with Crippen molar-refractivity contribution in [3.05, 3.63) is 71.8 Å². The first-order valence-electron chi connectivity index (χ1n) is 20.7. The zero-order chi connectivity index (χ0) is 47.3. The molecule has 0 heterocycles. The molecular formula is C44H69N9O8S. The first-order valence-corrected chi connectivity index (χ1v) is 22.2. The van der Waals surface area contributed by atoms with Crippen molar-refractivity contribution in [2.45, 2.75) is 123 Å². The highest BCUT2D eigenvalue weighted by Gasteiger charge is 2.42. The molecule has 2 rings (SSSR count). The Hall–Kier alpha value is -5.33. The van der Waals surface area contributed by atoms with Gasteiger partial charge in [0.25, 0.3) is 15.9 Å². The summed E-state index contributed by atoms with van der Waals surface area (Å²) < 4.78 is 29.6. The Balaban J connectivity index is 2.37. The second kappa shape index (κ2) is 22.7. The first-order chi connectivity index (χ1) is 28.7. The topological polar surface area (TPSA) is 264 Å². The number of benzene rings is 2. The standard InChI is InChI=1S/C44H69N9O8S/c1-26(2)32(53(12)41(58)36(43(6,7)8)51-40(57)35(47-11)44(9,10)29-19-14-13-15-20-29)25-28(5)37(54)52-62(60,61)33-23-17-16-21-30(33)49-38(55)31(22-18-24-48-42(46)59)50-39(56)34(45)27(3)4/h13-17,19-21,23,25-27,31-32,34-36,47H,18,22,24,45H2,1-12H3,(H,49,55)(H,50,56)(H,51,57)(H,52,54)(H3,46,48,59)/b28-25+/t31-,32+,34?,35+,36?/m0/s1. The van der Waals surface area contributed by atoms with Crippen LogP contribution in [0.25, 0.3) is 0 Å².